The Labute approximate surface area is 164 Å². The molecule has 6 unspecified atom stereocenters. The van der Waals surface area contributed by atoms with Gasteiger partial charge in [-0.25, -0.2) is 14.2 Å². The number of nitrogens with zero attached hydrogens (tertiary/aromatic N) is 3. The van der Waals surface area contributed by atoms with Gasteiger partial charge in [-0.3, -0.25) is 25.3 Å². The number of nitriles is 1. The van der Waals surface area contributed by atoms with Gasteiger partial charge < -0.3 is 0 Å². The molecule has 4 fully saturated rings. The van der Waals surface area contributed by atoms with E-state index in [1.54, 1.807) is 0 Å². The number of alkyl halides is 2. The van der Waals surface area contributed by atoms with Gasteiger partial charge >= 0.3 is 0 Å². The van der Waals surface area contributed by atoms with Gasteiger partial charge in [-0.05, 0) is 25.2 Å². The molecule has 3 saturated heterocycles. The summed E-state index contributed by atoms with van der Waals surface area (Å²) in [5.41, 5.74) is 5.43. The smallest absolute Gasteiger partial charge is 0.253 e. The summed E-state index contributed by atoms with van der Waals surface area (Å²) in [5.74, 6) is -1.31. The summed E-state index contributed by atoms with van der Waals surface area (Å²) < 4.78 is 26.9. The zero-order valence-electron chi connectivity index (χ0n) is 16.1. The Morgan fingerprint density at radius 3 is 2.82 bits per heavy atom. The molecule has 4 rings (SSSR count). The van der Waals surface area contributed by atoms with Crippen LogP contribution in [-0.4, -0.2) is 73.1 Å². The van der Waals surface area contributed by atoms with Crippen molar-refractivity contribution < 1.29 is 13.6 Å². The van der Waals surface area contributed by atoms with Crippen molar-refractivity contribution in [3.05, 3.63) is 0 Å². The number of hydrogen-bond acceptors (Lipinski definition) is 6. The van der Waals surface area contributed by atoms with Crippen molar-refractivity contribution in [2.24, 2.45) is 17.8 Å². The summed E-state index contributed by atoms with van der Waals surface area (Å²) in [4.78, 5) is 16.6. The summed E-state index contributed by atoms with van der Waals surface area (Å²) in [5, 5.41) is 12.9. The summed E-state index contributed by atoms with van der Waals surface area (Å²) in [7, 11) is 0. The fourth-order valence-corrected chi connectivity index (χ4v) is 5.65. The maximum absolute atomic E-state index is 13.4. The summed E-state index contributed by atoms with van der Waals surface area (Å²) in [6.45, 7) is 3.64. The molecule has 0 aromatic heterocycles. The number of piperidine rings is 1. The monoisotopic (exact) mass is 396 g/mol. The molecule has 156 valence electrons. The summed E-state index contributed by atoms with van der Waals surface area (Å²) >= 11 is 0. The Hall–Kier alpha value is -1.34. The maximum Gasteiger partial charge on any atom is 0.253 e. The molecule has 0 aromatic carbocycles. The number of hydrogen-bond donors (Lipinski definition) is 3. The lowest BCUT2D eigenvalue weighted by atomic mass is 9.79. The minimum absolute atomic E-state index is 0.0848. The van der Waals surface area contributed by atoms with E-state index in [9.17, 15) is 18.8 Å². The number of rotatable bonds is 4. The fourth-order valence-electron chi connectivity index (χ4n) is 5.65. The molecule has 3 heterocycles. The topological polar surface area (TPSA) is 83.4 Å². The second kappa shape index (κ2) is 8.57. The highest BCUT2D eigenvalue weighted by Gasteiger charge is 2.44. The fraction of sp³-hybridized carbons (Fsp3) is 0.895. The van der Waals surface area contributed by atoms with E-state index >= 15 is 0 Å². The van der Waals surface area contributed by atoms with Gasteiger partial charge in [0.15, 0.2) is 0 Å². The highest BCUT2D eigenvalue weighted by atomic mass is 19.3. The Balaban J connectivity index is 1.36. The van der Waals surface area contributed by atoms with Crippen molar-refractivity contribution in [3.8, 4) is 6.07 Å². The molecule has 0 bridgehead atoms. The number of carbonyl (C=O) groups excluding carboxylic acids is 1. The van der Waals surface area contributed by atoms with E-state index in [4.69, 9.17) is 0 Å². The van der Waals surface area contributed by atoms with Crippen LogP contribution in [0.5, 0.6) is 0 Å². The molecular weight excluding hydrogens is 366 g/mol. The SMILES string of the molecule is N#CC1C(=O)NNCC1N1CCC2C(C1)NCN2CC1CCCCC1C(F)F. The third-order valence-electron chi connectivity index (χ3n) is 7.19. The number of nitrogens with one attached hydrogen (secondary N) is 3. The van der Waals surface area contributed by atoms with Crippen LogP contribution in [0, 0.1) is 29.1 Å². The molecule has 6 atom stereocenters. The third-order valence-corrected chi connectivity index (χ3v) is 7.19. The second-order valence-corrected chi connectivity index (χ2v) is 8.68. The molecule has 0 aromatic rings. The first kappa shape index (κ1) is 20.0. The summed E-state index contributed by atoms with van der Waals surface area (Å²) in [6.07, 6.45) is 2.25. The predicted octanol–water partition coefficient (Wildman–Crippen LogP) is 0.506. The van der Waals surface area contributed by atoms with Gasteiger partial charge in [0.2, 0.25) is 6.43 Å². The molecule has 9 heteroatoms. The van der Waals surface area contributed by atoms with Gasteiger partial charge in [-0.1, -0.05) is 12.8 Å². The Morgan fingerprint density at radius 1 is 1.21 bits per heavy atom. The van der Waals surface area contributed by atoms with E-state index in [0.717, 1.165) is 52.0 Å². The van der Waals surface area contributed by atoms with E-state index in [1.165, 1.54) is 0 Å². The van der Waals surface area contributed by atoms with Crippen LogP contribution in [-0.2, 0) is 4.79 Å². The molecule has 1 aliphatic carbocycles. The number of halogens is 2. The van der Waals surface area contributed by atoms with Crippen LogP contribution in [0.3, 0.4) is 0 Å². The van der Waals surface area contributed by atoms with E-state index in [2.05, 4.69) is 32.0 Å². The number of fused-ring (bicyclic) bond motifs is 1. The Bertz CT molecular complexity index is 614. The maximum atomic E-state index is 13.4. The predicted molar refractivity (Wildman–Crippen MR) is 99.0 cm³/mol. The highest BCUT2D eigenvalue weighted by Crippen LogP contribution is 2.36. The molecule has 1 amide bonds. The van der Waals surface area contributed by atoms with Gasteiger partial charge in [0.25, 0.3) is 5.91 Å². The Kier molecular flexibility index (Phi) is 6.11. The van der Waals surface area contributed by atoms with Gasteiger partial charge in [0.05, 0.1) is 6.07 Å². The number of likely N-dealkylation sites (tertiary alicyclic amines) is 1. The first-order valence-corrected chi connectivity index (χ1v) is 10.5. The van der Waals surface area contributed by atoms with Crippen LogP contribution in [0.1, 0.15) is 32.1 Å². The van der Waals surface area contributed by atoms with E-state index < -0.39 is 18.3 Å². The number of amides is 1. The van der Waals surface area contributed by atoms with E-state index in [-0.39, 0.29) is 23.9 Å². The zero-order chi connectivity index (χ0) is 19.7. The quantitative estimate of drug-likeness (QED) is 0.642. The lowest BCUT2D eigenvalue weighted by molar-refractivity contribution is -0.129. The standard InChI is InChI=1S/C19H30F2N6O/c20-18(21)13-4-2-1-3-12(13)9-27-11-23-15-10-26(6-5-16(15)27)17-8-24-25-19(28)14(17)7-22/h12-18,23-24H,1-6,8-11H2,(H,25,28). The van der Waals surface area contributed by atoms with Crippen molar-refractivity contribution >= 4 is 5.91 Å². The summed E-state index contributed by atoms with van der Waals surface area (Å²) in [6, 6.07) is 2.62. The van der Waals surface area contributed by atoms with Crippen LogP contribution in [0.2, 0.25) is 0 Å². The van der Waals surface area contributed by atoms with Crippen LogP contribution >= 0.6 is 0 Å². The average Bonchev–Trinajstić information content (AvgIpc) is 3.10. The van der Waals surface area contributed by atoms with Crippen molar-refractivity contribution in [1.29, 1.82) is 5.26 Å². The molecular formula is C19H30F2N6O. The van der Waals surface area contributed by atoms with Gasteiger partial charge in [0, 0.05) is 56.9 Å². The molecule has 28 heavy (non-hydrogen) atoms. The van der Waals surface area contributed by atoms with Crippen molar-refractivity contribution in [1.82, 2.24) is 26.0 Å². The first-order chi connectivity index (χ1) is 13.6. The zero-order valence-corrected chi connectivity index (χ0v) is 16.1. The van der Waals surface area contributed by atoms with Crippen LogP contribution in [0.25, 0.3) is 0 Å². The van der Waals surface area contributed by atoms with E-state index in [0.29, 0.717) is 19.0 Å². The minimum Gasteiger partial charge on any atom is -0.299 e. The van der Waals surface area contributed by atoms with Crippen LogP contribution < -0.4 is 16.2 Å². The molecule has 3 N–H and O–H groups in total. The second-order valence-electron chi connectivity index (χ2n) is 8.68. The lowest BCUT2D eigenvalue weighted by Crippen LogP contribution is -2.64. The van der Waals surface area contributed by atoms with Crippen LogP contribution in [0.4, 0.5) is 8.78 Å². The normalized spacial score (nSPS) is 40.1. The average molecular weight is 396 g/mol. The van der Waals surface area contributed by atoms with Crippen molar-refractivity contribution in [2.45, 2.75) is 56.7 Å². The van der Waals surface area contributed by atoms with Gasteiger partial charge in [0.1, 0.15) is 5.92 Å². The molecule has 0 spiro atoms. The number of carbonyl (C=O) groups is 1. The van der Waals surface area contributed by atoms with Gasteiger partial charge in [-0.2, -0.15) is 5.26 Å². The molecule has 3 aliphatic heterocycles. The lowest BCUT2D eigenvalue weighted by Gasteiger charge is -2.44. The largest absolute Gasteiger partial charge is 0.299 e. The Morgan fingerprint density at radius 2 is 2.04 bits per heavy atom. The van der Waals surface area contributed by atoms with E-state index in [1.807, 2.05) is 0 Å². The third kappa shape index (κ3) is 3.88. The van der Waals surface area contributed by atoms with Crippen molar-refractivity contribution in [2.75, 3.05) is 32.8 Å². The minimum atomic E-state index is -2.22. The molecule has 0 radical (unpaired) electrons. The highest BCUT2D eigenvalue weighted by molar-refractivity contribution is 5.82. The number of hydrazine groups is 1. The van der Waals surface area contributed by atoms with Gasteiger partial charge in [-0.15, -0.1) is 0 Å². The first-order valence-electron chi connectivity index (χ1n) is 10.5. The molecule has 4 aliphatic rings. The molecule has 1 saturated carbocycles. The molecule has 7 nitrogen and oxygen atoms in total. The van der Waals surface area contributed by atoms with Crippen LogP contribution in [0.15, 0.2) is 0 Å². The van der Waals surface area contributed by atoms with Crippen molar-refractivity contribution in [3.63, 3.8) is 0 Å².